The highest BCUT2D eigenvalue weighted by molar-refractivity contribution is 6.30. The van der Waals surface area contributed by atoms with E-state index < -0.39 is 6.04 Å². The molecule has 0 aliphatic carbocycles. The Kier molecular flexibility index (Phi) is 6.75. The molecule has 7 nitrogen and oxygen atoms in total. The molecule has 0 radical (unpaired) electrons. The number of halogens is 1. The highest BCUT2D eigenvalue weighted by Gasteiger charge is 2.43. The fourth-order valence-corrected chi connectivity index (χ4v) is 4.08. The maximum atomic E-state index is 12.9. The number of piperazine rings is 1. The minimum absolute atomic E-state index is 0.146. The van der Waals surface area contributed by atoms with Crippen LogP contribution in [0.15, 0.2) is 54.6 Å². The summed E-state index contributed by atoms with van der Waals surface area (Å²) in [7, 11) is 0. The largest absolute Gasteiger partial charge is 0.492 e. The van der Waals surface area contributed by atoms with E-state index in [-0.39, 0.29) is 11.9 Å². The van der Waals surface area contributed by atoms with Crippen molar-refractivity contribution >= 4 is 29.2 Å². The summed E-state index contributed by atoms with van der Waals surface area (Å²) in [5.74, 6) is 0.666. The Labute approximate surface area is 187 Å². The highest BCUT2D eigenvalue weighted by atomic mass is 35.5. The number of hydrogen-bond donors (Lipinski definition) is 0. The lowest BCUT2D eigenvalue weighted by atomic mass is 10.2. The van der Waals surface area contributed by atoms with Crippen molar-refractivity contribution in [1.82, 2.24) is 14.7 Å². The van der Waals surface area contributed by atoms with E-state index in [0.717, 1.165) is 44.2 Å². The van der Waals surface area contributed by atoms with Gasteiger partial charge >= 0.3 is 6.03 Å². The molecular formula is C23H27ClN4O3. The van der Waals surface area contributed by atoms with Crippen molar-refractivity contribution in [2.75, 3.05) is 50.9 Å². The molecule has 1 atom stereocenters. The van der Waals surface area contributed by atoms with Crippen LogP contribution in [0.4, 0.5) is 10.5 Å². The van der Waals surface area contributed by atoms with Crippen LogP contribution in [0, 0.1) is 0 Å². The molecule has 0 N–H and O–H groups in total. The van der Waals surface area contributed by atoms with Crippen LogP contribution in [0.2, 0.25) is 5.02 Å². The van der Waals surface area contributed by atoms with Gasteiger partial charge < -0.3 is 4.74 Å². The molecule has 2 aliphatic rings. The first kappa shape index (κ1) is 21.6. The molecule has 0 aromatic heterocycles. The average Bonchev–Trinajstić information content (AvgIpc) is 3.00. The van der Waals surface area contributed by atoms with Crippen molar-refractivity contribution < 1.29 is 14.3 Å². The SMILES string of the molecule is CC1C(=O)N(CN2CCN(CCOc3ccc(Cl)cc3)CC2)C(=O)N1c1ccccc1. The number of urea groups is 1. The van der Waals surface area contributed by atoms with Crippen LogP contribution >= 0.6 is 11.6 Å². The van der Waals surface area contributed by atoms with Crippen molar-refractivity contribution in [1.29, 1.82) is 0 Å². The van der Waals surface area contributed by atoms with E-state index >= 15 is 0 Å². The standard InChI is InChI=1S/C23H27ClN4O3/c1-18-22(29)27(23(30)28(18)20-5-3-2-4-6-20)17-26-13-11-25(12-14-26)15-16-31-21-9-7-19(24)8-10-21/h2-10,18H,11-17H2,1H3. The molecule has 164 valence electrons. The molecule has 3 amide bonds. The molecule has 2 fully saturated rings. The number of carbonyl (C=O) groups excluding carboxylic acids is 2. The molecule has 8 heteroatoms. The van der Waals surface area contributed by atoms with Gasteiger partial charge in [0.05, 0.1) is 6.67 Å². The van der Waals surface area contributed by atoms with Gasteiger partial charge in [0.15, 0.2) is 0 Å². The number of nitrogens with zero attached hydrogens (tertiary/aromatic N) is 4. The quantitative estimate of drug-likeness (QED) is 0.616. The van der Waals surface area contributed by atoms with Crippen LogP contribution in [0.1, 0.15) is 6.92 Å². The highest BCUT2D eigenvalue weighted by Crippen LogP contribution is 2.25. The van der Waals surface area contributed by atoms with E-state index in [2.05, 4.69) is 9.80 Å². The van der Waals surface area contributed by atoms with Gasteiger partial charge in [-0.2, -0.15) is 0 Å². The number of hydrogen-bond acceptors (Lipinski definition) is 5. The molecule has 4 rings (SSSR count). The predicted molar refractivity (Wildman–Crippen MR) is 120 cm³/mol. The lowest BCUT2D eigenvalue weighted by molar-refractivity contribution is -0.128. The Morgan fingerprint density at radius 2 is 1.58 bits per heavy atom. The molecule has 2 aromatic rings. The molecule has 2 aromatic carbocycles. The summed E-state index contributed by atoms with van der Waals surface area (Å²) in [5, 5.41) is 0.694. The second-order valence-corrected chi connectivity index (χ2v) is 8.27. The molecule has 2 aliphatic heterocycles. The third-order valence-electron chi connectivity index (χ3n) is 5.78. The lowest BCUT2D eigenvalue weighted by Crippen LogP contribution is -2.52. The fraction of sp³-hybridized carbons (Fsp3) is 0.391. The number of rotatable bonds is 7. The first-order valence-electron chi connectivity index (χ1n) is 10.6. The zero-order chi connectivity index (χ0) is 21.8. The van der Waals surface area contributed by atoms with Gasteiger partial charge in [-0.25, -0.2) is 9.69 Å². The number of imide groups is 1. The molecule has 0 bridgehead atoms. The minimum atomic E-state index is -0.485. The number of amides is 3. The fourth-order valence-electron chi connectivity index (χ4n) is 3.96. The summed E-state index contributed by atoms with van der Waals surface area (Å²) < 4.78 is 5.77. The van der Waals surface area contributed by atoms with E-state index in [1.54, 1.807) is 11.8 Å². The summed E-state index contributed by atoms with van der Waals surface area (Å²) >= 11 is 5.89. The first-order chi connectivity index (χ1) is 15.0. The van der Waals surface area contributed by atoms with Gasteiger partial charge in [0.25, 0.3) is 5.91 Å². The molecule has 2 heterocycles. The molecule has 1 unspecified atom stereocenters. The average molecular weight is 443 g/mol. The van der Waals surface area contributed by atoms with Crippen molar-refractivity contribution in [2.45, 2.75) is 13.0 Å². The second-order valence-electron chi connectivity index (χ2n) is 7.83. The van der Waals surface area contributed by atoms with Gasteiger partial charge in [-0.3, -0.25) is 19.5 Å². The van der Waals surface area contributed by atoms with Crippen LogP contribution in [0.25, 0.3) is 0 Å². The third kappa shape index (κ3) is 5.01. The number of anilines is 1. The van der Waals surface area contributed by atoms with Gasteiger partial charge in [0, 0.05) is 43.4 Å². The van der Waals surface area contributed by atoms with Gasteiger partial charge in [-0.05, 0) is 43.3 Å². The van der Waals surface area contributed by atoms with Gasteiger partial charge in [0.2, 0.25) is 0 Å². The van der Waals surface area contributed by atoms with Crippen LogP contribution in [-0.4, -0.2) is 78.7 Å². The Balaban J connectivity index is 1.24. The number of carbonyl (C=O) groups is 2. The normalized spacial score (nSPS) is 20.5. The van der Waals surface area contributed by atoms with Crippen LogP contribution < -0.4 is 9.64 Å². The number of benzene rings is 2. The zero-order valence-corrected chi connectivity index (χ0v) is 18.4. The Hall–Kier alpha value is -2.61. The monoisotopic (exact) mass is 442 g/mol. The molecular weight excluding hydrogens is 416 g/mol. The summed E-state index contributed by atoms with van der Waals surface area (Å²) in [4.78, 5) is 33.1. The molecule has 31 heavy (non-hydrogen) atoms. The van der Waals surface area contributed by atoms with Gasteiger partial charge in [0.1, 0.15) is 18.4 Å². The van der Waals surface area contributed by atoms with Crippen molar-refractivity contribution in [3.8, 4) is 5.75 Å². The summed E-state index contributed by atoms with van der Waals surface area (Å²) in [6.07, 6.45) is 0. The van der Waals surface area contributed by atoms with E-state index in [1.807, 2.05) is 54.6 Å². The van der Waals surface area contributed by atoms with Crippen molar-refractivity contribution in [3.05, 3.63) is 59.6 Å². The zero-order valence-electron chi connectivity index (χ0n) is 17.6. The Bertz CT molecular complexity index is 901. The molecule has 0 spiro atoms. The first-order valence-corrected chi connectivity index (χ1v) is 10.9. The van der Waals surface area contributed by atoms with Crippen LogP contribution in [-0.2, 0) is 4.79 Å². The van der Waals surface area contributed by atoms with Gasteiger partial charge in [-0.15, -0.1) is 0 Å². The summed E-state index contributed by atoms with van der Waals surface area (Å²) in [6, 6.07) is 16.0. The number of ether oxygens (including phenoxy) is 1. The molecule has 2 saturated heterocycles. The third-order valence-corrected chi connectivity index (χ3v) is 6.03. The smallest absolute Gasteiger partial charge is 0.333 e. The maximum absolute atomic E-state index is 12.9. The van der Waals surface area contributed by atoms with E-state index in [4.69, 9.17) is 16.3 Å². The van der Waals surface area contributed by atoms with Crippen LogP contribution in [0.3, 0.4) is 0 Å². The lowest BCUT2D eigenvalue weighted by Gasteiger charge is -2.35. The number of para-hydroxylation sites is 1. The Morgan fingerprint density at radius 3 is 2.26 bits per heavy atom. The van der Waals surface area contributed by atoms with Gasteiger partial charge in [-0.1, -0.05) is 29.8 Å². The van der Waals surface area contributed by atoms with Crippen LogP contribution in [0.5, 0.6) is 5.75 Å². The molecule has 0 saturated carbocycles. The van der Waals surface area contributed by atoms with E-state index in [9.17, 15) is 9.59 Å². The van der Waals surface area contributed by atoms with E-state index in [1.165, 1.54) is 4.90 Å². The predicted octanol–water partition coefficient (Wildman–Crippen LogP) is 3.15. The summed E-state index contributed by atoms with van der Waals surface area (Å²) in [6.45, 7) is 6.91. The van der Waals surface area contributed by atoms with Crippen molar-refractivity contribution in [2.24, 2.45) is 0 Å². The minimum Gasteiger partial charge on any atom is -0.492 e. The second kappa shape index (κ2) is 9.68. The maximum Gasteiger partial charge on any atom is 0.333 e. The van der Waals surface area contributed by atoms with Crippen molar-refractivity contribution in [3.63, 3.8) is 0 Å². The topological polar surface area (TPSA) is 56.3 Å². The summed E-state index contributed by atoms with van der Waals surface area (Å²) in [5.41, 5.74) is 0.751. The Morgan fingerprint density at radius 1 is 0.935 bits per heavy atom. The van der Waals surface area contributed by atoms with E-state index in [0.29, 0.717) is 18.3 Å².